The number of amides is 1. The van der Waals surface area contributed by atoms with Crippen molar-refractivity contribution in [1.29, 1.82) is 0 Å². The van der Waals surface area contributed by atoms with Gasteiger partial charge in [0.2, 0.25) is 5.91 Å². The van der Waals surface area contributed by atoms with Crippen molar-refractivity contribution in [2.75, 3.05) is 38.5 Å². The third kappa shape index (κ3) is 5.35. The minimum absolute atomic E-state index is 0.0494. The van der Waals surface area contributed by atoms with Gasteiger partial charge in [-0.3, -0.25) is 19.5 Å². The van der Waals surface area contributed by atoms with E-state index in [1.165, 1.54) is 11.8 Å². The van der Waals surface area contributed by atoms with E-state index in [9.17, 15) is 9.59 Å². The van der Waals surface area contributed by atoms with Crippen molar-refractivity contribution in [3.63, 3.8) is 0 Å². The van der Waals surface area contributed by atoms with Crippen LogP contribution in [0.3, 0.4) is 0 Å². The van der Waals surface area contributed by atoms with Gasteiger partial charge < -0.3 is 10.0 Å². The molecule has 1 aromatic rings. The van der Waals surface area contributed by atoms with Gasteiger partial charge in [0.25, 0.3) is 0 Å². The van der Waals surface area contributed by atoms with Gasteiger partial charge in [0, 0.05) is 43.5 Å². The first kappa shape index (κ1) is 15.8. The maximum atomic E-state index is 12.2. The normalized spacial score (nSPS) is 16.5. The van der Waals surface area contributed by atoms with Crippen LogP contribution in [0.2, 0.25) is 0 Å². The molecule has 2 rings (SSSR count). The molecule has 0 aromatic carbocycles. The summed E-state index contributed by atoms with van der Waals surface area (Å²) in [6, 6.07) is 3.77. The van der Waals surface area contributed by atoms with Crippen LogP contribution in [0.1, 0.15) is 6.42 Å². The number of aliphatic carboxylic acids is 1. The van der Waals surface area contributed by atoms with Crippen LogP contribution < -0.4 is 0 Å². The standard InChI is InChI=1S/C14H19N3O3S/c18-13(11-21-12-2-4-15-5-3-12)17-7-1-6-16(8-9-17)10-14(19)20/h2-5H,1,6-11H2,(H,19,20). The first-order valence-corrected chi connectivity index (χ1v) is 7.88. The highest BCUT2D eigenvalue weighted by Crippen LogP contribution is 2.17. The van der Waals surface area contributed by atoms with Gasteiger partial charge in [0.15, 0.2) is 0 Å². The van der Waals surface area contributed by atoms with E-state index < -0.39 is 5.97 Å². The van der Waals surface area contributed by atoms with Gasteiger partial charge in [-0.1, -0.05) is 0 Å². The predicted octanol–water partition coefficient (Wildman–Crippen LogP) is 0.793. The molecule has 2 heterocycles. The average Bonchev–Trinajstić information content (AvgIpc) is 2.71. The molecule has 6 nitrogen and oxygen atoms in total. The highest BCUT2D eigenvalue weighted by molar-refractivity contribution is 8.00. The molecular weight excluding hydrogens is 290 g/mol. The molecule has 21 heavy (non-hydrogen) atoms. The monoisotopic (exact) mass is 309 g/mol. The molecular formula is C14H19N3O3S. The third-order valence-corrected chi connectivity index (χ3v) is 4.31. The van der Waals surface area contributed by atoms with Crippen LogP contribution in [0.15, 0.2) is 29.4 Å². The zero-order valence-electron chi connectivity index (χ0n) is 11.8. The summed E-state index contributed by atoms with van der Waals surface area (Å²) >= 11 is 1.50. The molecule has 0 saturated carbocycles. The molecule has 1 N–H and O–H groups in total. The molecule has 0 spiro atoms. The molecule has 0 aliphatic carbocycles. The number of carboxylic acids is 1. The van der Waals surface area contributed by atoms with Crippen molar-refractivity contribution in [3.05, 3.63) is 24.5 Å². The highest BCUT2D eigenvalue weighted by atomic mass is 32.2. The smallest absolute Gasteiger partial charge is 0.317 e. The predicted molar refractivity (Wildman–Crippen MR) is 80.2 cm³/mol. The van der Waals surface area contributed by atoms with Crippen molar-refractivity contribution >= 4 is 23.6 Å². The van der Waals surface area contributed by atoms with Gasteiger partial charge in [0.05, 0.1) is 12.3 Å². The topological polar surface area (TPSA) is 73.7 Å². The summed E-state index contributed by atoms with van der Waals surface area (Å²) in [6.45, 7) is 2.70. The van der Waals surface area contributed by atoms with E-state index in [4.69, 9.17) is 5.11 Å². The van der Waals surface area contributed by atoms with Crippen LogP contribution in [-0.2, 0) is 9.59 Å². The summed E-state index contributed by atoms with van der Waals surface area (Å²) in [5, 5.41) is 8.81. The second-order valence-electron chi connectivity index (χ2n) is 4.88. The summed E-state index contributed by atoms with van der Waals surface area (Å²) in [6.07, 6.45) is 4.24. The van der Waals surface area contributed by atoms with E-state index >= 15 is 0 Å². The number of hydrogen-bond donors (Lipinski definition) is 1. The van der Waals surface area contributed by atoms with E-state index in [0.717, 1.165) is 17.9 Å². The van der Waals surface area contributed by atoms with Crippen molar-refractivity contribution in [2.45, 2.75) is 11.3 Å². The lowest BCUT2D eigenvalue weighted by atomic mass is 10.4. The Bertz CT molecular complexity index is 484. The van der Waals surface area contributed by atoms with Gasteiger partial charge in [-0.2, -0.15) is 0 Å². The maximum Gasteiger partial charge on any atom is 0.317 e. The highest BCUT2D eigenvalue weighted by Gasteiger charge is 2.20. The Morgan fingerprint density at radius 3 is 2.67 bits per heavy atom. The Balaban J connectivity index is 1.79. The fraction of sp³-hybridized carbons (Fsp3) is 0.500. The number of carboxylic acid groups (broad SMARTS) is 1. The Labute approximate surface area is 128 Å². The van der Waals surface area contributed by atoms with Crippen LogP contribution >= 0.6 is 11.8 Å². The molecule has 0 unspecified atom stereocenters. The fourth-order valence-corrected chi connectivity index (χ4v) is 3.03. The summed E-state index contributed by atoms with van der Waals surface area (Å²) in [4.78, 5) is 31.6. The third-order valence-electron chi connectivity index (χ3n) is 3.31. The largest absolute Gasteiger partial charge is 0.480 e. The second-order valence-corrected chi connectivity index (χ2v) is 5.92. The maximum absolute atomic E-state index is 12.2. The molecule has 1 aliphatic heterocycles. The van der Waals surface area contributed by atoms with E-state index in [1.54, 1.807) is 12.4 Å². The Hall–Kier alpha value is -1.60. The number of aromatic nitrogens is 1. The minimum atomic E-state index is -0.817. The number of nitrogens with zero attached hydrogens (tertiary/aromatic N) is 3. The summed E-state index contributed by atoms with van der Waals surface area (Å²) in [5.41, 5.74) is 0. The Kier molecular flexibility index (Phi) is 6.01. The number of carbonyl (C=O) groups is 2. The van der Waals surface area contributed by atoms with Crippen LogP contribution in [-0.4, -0.2) is 70.2 Å². The van der Waals surface area contributed by atoms with Crippen LogP contribution in [0, 0.1) is 0 Å². The van der Waals surface area contributed by atoms with Gasteiger partial charge >= 0.3 is 5.97 Å². The molecule has 1 saturated heterocycles. The van der Waals surface area contributed by atoms with Crippen LogP contribution in [0.25, 0.3) is 0 Å². The van der Waals surface area contributed by atoms with E-state index in [2.05, 4.69) is 4.98 Å². The number of hydrogen-bond acceptors (Lipinski definition) is 5. The number of carbonyl (C=O) groups excluding carboxylic acids is 1. The minimum Gasteiger partial charge on any atom is -0.480 e. The molecule has 1 amide bonds. The number of rotatable bonds is 5. The molecule has 1 fully saturated rings. The molecule has 7 heteroatoms. The number of pyridine rings is 1. The molecule has 114 valence electrons. The fourth-order valence-electron chi connectivity index (χ4n) is 2.24. The van der Waals surface area contributed by atoms with Gasteiger partial charge in [0.1, 0.15) is 0 Å². The summed E-state index contributed by atoms with van der Waals surface area (Å²) < 4.78 is 0. The lowest BCUT2D eigenvalue weighted by molar-refractivity contribution is -0.138. The second kappa shape index (κ2) is 7.99. The molecule has 0 atom stereocenters. The Morgan fingerprint density at radius 1 is 1.19 bits per heavy atom. The Morgan fingerprint density at radius 2 is 1.95 bits per heavy atom. The van der Waals surface area contributed by atoms with Crippen molar-refractivity contribution < 1.29 is 14.7 Å². The first-order valence-electron chi connectivity index (χ1n) is 6.90. The summed E-state index contributed by atoms with van der Waals surface area (Å²) in [5.74, 6) is -0.305. The van der Waals surface area contributed by atoms with Crippen molar-refractivity contribution in [1.82, 2.24) is 14.8 Å². The lowest BCUT2D eigenvalue weighted by Crippen LogP contribution is -2.37. The average molecular weight is 309 g/mol. The van der Waals surface area contributed by atoms with Crippen LogP contribution in [0.5, 0.6) is 0 Å². The zero-order valence-corrected chi connectivity index (χ0v) is 12.6. The van der Waals surface area contributed by atoms with Gasteiger partial charge in [-0.25, -0.2) is 0 Å². The van der Waals surface area contributed by atoms with E-state index in [-0.39, 0.29) is 12.5 Å². The molecule has 0 bridgehead atoms. The first-order chi connectivity index (χ1) is 10.1. The summed E-state index contributed by atoms with van der Waals surface area (Å²) in [7, 11) is 0. The molecule has 1 aliphatic rings. The lowest BCUT2D eigenvalue weighted by Gasteiger charge is -2.21. The van der Waals surface area contributed by atoms with Gasteiger partial charge in [-0.15, -0.1) is 11.8 Å². The SMILES string of the molecule is O=C(O)CN1CCCN(C(=O)CSc2ccncc2)CC1. The molecule has 0 radical (unpaired) electrons. The van der Waals surface area contributed by atoms with Gasteiger partial charge in [-0.05, 0) is 18.6 Å². The van der Waals surface area contributed by atoms with Crippen molar-refractivity contribution in [2.24, 2.45) is 0 Å². The van der Waals surface area contributed by atoms with E-state index in [1.807, 2.05) is 21.9 Å². The van der Waals surface area contributed by atoms with E-state index in [0.29, 0.717) is 25.4 Å². The number of thioether (sulfide) groups is 1. The quantitative estimate of drug-likeness (QED) is 0.811. The van der Waals surface area contributed by atoms with Crippen LogP contribution in [0.4, 0.5) is 0 Å². The zero-order chi connectivity index (χ0) is 15.1. The van der Waals surface area contributed by atoms with Crippen molar-refractivity contribution in [3.8, 4) is 0 Å². The molecule has 1 aromatic heterocycles.